The number of aliphatic imine (C=N–C) groups is 1. The zero-order valence-corrected chi connectivity index (χ0v) is 18.6. The average molecular weight is 428 g/mol. The second kappa shape index (κ2) is 11.5. The number of nitrogens with one attached hydrogen (secondary N) is 3. The highest BCUT2D eigenvalue weighted by molar-refractivity contribution is 6.02. The summed E-state index contributed by atoms with van der Waals surface area (Å²) >= 11 is 0. The number of nitrogens with zero attached hydrogens (tertiary/aromatic N) is 2. The van der Waals surface area contributed by atoms with E-state index in [-0.39, 0.29) is 11.7 Å². The molecule has 1 aromatic carbocycles. The normalized spacial score (nSPS) is 16.2. The molecule has 0 radical (unpaired) electrons. The Morgan fingerprint density at radius 2 is 1.97 bits per heavy atom. The molecule has 0 saturated carbocycles. The monoisotopic (exact) mass is 427 g/mol. The van der Waals surface area contributed by atoms with Crippen molar-refractivity contribution in [1.82, 2.24) is 15.5 Å². The van der Waals surface area contributed by atoms with Crippen molar-refractivity contribution in [2.75, 3.05) is 45.2 Å². The minimum atomic E-state index is -0.268. The van der Waals surface area contributed by atoms with Crippen molar-refractivity contribution in [3.63, 3.8) is 0 Å². The highest BCUT2D eigenvalue weighted by Crippen LogP contribution is 2.14. The lowest BCUT2D eigenvalue weighted by Crippen LogP contribution is -2.52. The van der Waals surface area contributed by atoms with Crippen LogP contribution in [0.3, 0.4) is 0 Å². The Morgan fingerprint density at radius 3 is 2.65 bits per heavy atom. The first kappa shape index (κ1) is 22.8. The van der Waals surface area contributed by atoms with Crippen molar-refractivity contribution >= 4 is 17.6 Å². The maximum absolute atomic E-state index is 12.2. The second-order valence-electron chi connectivity index (χ2n) is 7.90. The lowest BCUT2D eigenvalue weighted by Gasteiger charge is -2.37. The molecule has 0 spiro atoms. The van der Waals surface area contributed by atoms with Gasteiger partial charge in [0.15, 0.2) is 11.7 Å². The van der Waals surface area contributed by atoms with Gasteiger partial charge < -0.3 is 25.1 Å². The van der Waals surface area contributed by atoms with Gasteiger partial charge in [-0.2, -0.15) is 0 Å². The SMILES string of the molecule is CN=C(NCc1cccc(NC(=O)c2ccco2)c1)NCC(C(C)C)N1CCOCC1. The van der Waals surface area contributed by atoms with Crippen molar-refractivity contribution < 1.29 is 13.9 Å². The predicted molar refractivity (Wildman–Crippen MR) is 122 cm³/mol. The van der Waals surface area contributed by atoms with E-state index in [0.717, 1.165) is 50.1 Å². The van der Waals surface area contributed by atoms with Crippen LogP contribution in [0.2, 0.25) is 0 Å². The van der Waals surface area contributed by atoms with Crippen LogP contribution in [0.1, 0.15) is 30.0 Å². The molecule has 1 unspecified atom stereocenters. The topological polar surface area (TPSA) is 91.1 Å². The summed E-state index contributed by atoms with van der Waals surface area (Å²) < 4.78 is 10.6. The van der Waals surface area contributed by atoms with Crippen molar-refractivity contribution in [2.45, 2.75) is 26.4 Å². The Hall–Kier alpha value is -2.84. The summed E-state index contributed by atoms with van der Waals surface area (Å²) in [5.74, 6) is 1.30. The van der Waals surface area contributed by atoms with Gasteiger partial charge in [0.25, 0.3) is 5.91 Å². The van der Waals surface area contributed by atoms with Crippen LogP contribution in [0.25, 0.3) is 0 Å². The number of rotatable bonds is 8. The van der Waals surface area contributed by atoms with E-state index in [1.54, 1.807) is 19.2 Å². The molecule has 8 nitrogen and oxygen atoms in total. The quantitative estimate of drug-likeness (QED) is 0.443. The molecule has 0 aliphatic carbocycles. The van der Waals surface area contributed by atoms with E-state index in [2.05, 4.69) is 39.7 Å². The zero-order chi connectivity index (χ0) is 22.1. The van der Waals surface area contributed by atoms with Crippen LogP contribution < -0.4 is 16.0 Å². The van der Waals surface area contributed by atoms with Gasteiger partial charge in [0.05, 0.1) is 19.5 Å². The molecule has 0 bridgehead atoms. The average Bonchev–Trinajstić information content (AvgIpc) is 3.32. The van der Waals surface area contributed by atoms with Crippen LogP contribution in [0, 0.1) is 5.92 Å². The molecule has 168 valence electrons. The van der Waals surface area contributed by atoms with E-state index in [1.807, 2.05) is 24.3 Å². The van der Waals surface area contributed by atoms with Gasteiger partial charge in [0.1, 0.15) is 0 Å². The van der Waals surface area contributed by atoms with Gasteiger partial charge in [0.2, 0.25) is 0 Å². The summed E-state index contributed by atoms with van der Waals surface area (Å²) in [5.41, 5.74) is 1.75. The summed E-state index contributed by atoms with van der Waals surface area (Å²) in [4.78, 5) is 19.0. The molecule has 1 fully saturated rings. The molecule has 2 heterocycles. The van der Waals surface area contributed by atoms with Gasteiger partial charge in [-0.15, -0.1) is 0 Å². The number of carbonyl (C=O) groups is 1. The highest BCUT2D eigenvalue weighted by atomic mass is 16.5. The number of anilines is 1. The Balaban J connectivity index is 1.51. The Morgan fingerprint density at radius 1 is 1.16 bits per heavy atom. The summed E-state index contributed by atoms with van der Waals surface area (Å²) in [7, 11) is 1.77. The fourth-order valence-electron chi connectivity index (χ4n) is 3.66. The fraction of sp³-hybridized carbons (Fsp3) is 0.478. The summed E-state index contributed by atoms with van der Waals surface area (Å²) in [6, 6.07) is 11.5. The van der Waals surface area contributed by atoms with Crippen LogP contribution >= 0.6 is 0 Å². The number of morpholine rings is 1. The molecule has 8 heteroatoms. The van der Waals surface area contributed by atoms with Crippen molar-refractivity contribution in [3.05, 3.63) is 54.0 Å². The Bertz CT molecular complexity index is 845. The van der Waals surface area contributed by atoms with Gasteiger partial charge >= 0.3 is 0 Å². The molecule has 3 N–H and O–H groups in total. The second-order valence-corrected chi connectivity index (χ2v) is 7.90. The zero-order valence-electron chi connectivity index (χ0n) is 18.6. The van der Waals surface area contributed by atoms with Crippen molar-refractivity contribution in [1.29, 1.82) is 0 Å². The largest absolute Gasteiger partial charge is 0.459 e. The molecular weight excluding hydrogens is 394 g/mol. The number of benzene rings is 1. The standard InChI is InChI=1S/C23H33N5O3/c1-17(2)20(28-9-12-30-13-10-28)16-26-23(24-3)25-15-18-6-4-7-19(14-18)27-22(29)21-8-5-11-31-21/h4-8,11,14,17,20H,9-10,12-13,15-16H2,1-3H3,(H,27,29)(H2,24,25,26). The molecular formula is C23H33N5O3. The van der Waals surface area contributed by atoms with Crippen LogP contribution in [0.5, 0.6) is 0 Å². The number of guanidine groups is 1. The number of carbonyl (C=O) groups excluding carboxylic acids is 1. The van der Waals surface area contributed by atoms with Gasteiger partial charge in [-0.3, -0.25) is 14.7 Å². The number of amides is 1. The third-order valence-corrected chi connectivity index (χ3v) is 5.38. The minimum Gasteiger partial charge on any atom is -0.459 e. The van der Waals surface area contributed by atoms with Gasteiger partial charge in [-0.1, -0.05) is 26.0 Å². The summed E-state index contributed by atoms with van der Waals surface area (Å²) in [6.07, 6.45) is 1.48. The fourth-order valence-corrected chi connectivity index (χ4v) is 3.66. The summed E-state index contributed by atoms with van der Waals surface area (Å²) in [5, 5.41) is 9.67. The first-order valence-corrected chi connectivity index (χ1v) is 10.8. The van der Waals surface area contributed by atoms with E-state index in [1.165, 1.54) is 6.26 Å². The third kappa shape index (κ3) is 6.83. The van der Waals surface area contributed by atoms with E-state index in [0.29, 0.717) is 18.5 Å². The van der Waals surface area contributed by atoms with Gasteiger partial charge in [-0.25, -0.2) is 0 Å². The Kier molecular flexibility index (Phi) is 8.49. The van der Waals surface area contributed by atoms with Crippen LogP contribution in [-0.2, 0) is 11.3 Å². The van der Waals surface area contributed by atoms with Crippen LogP contribution in [0.15, 0.2) is 52.1 Å². The van der Waals surface area contributed by atoms with Crippen molar-refractivity contribution in [3.8, 4) is 0 Å². The van der Waals surface area contributed by atoms with Crippen molar-refractivity contribution in [2.24, 2.45) is 10.9 Å². The maximum Gasteiger partial charge on any atom is 0.291 e. The lowest BCUT2D eigenvalue weighted by atomic mass is 10.0. The van der Waals surface area contributed by atoms with Gasteiger partial charge in [-0.05, 0) is 35.7 Å². The summed E-state index contributed by atoms with van der Waals surface area (Å²) in [6.45, 7) is 9.43. The smallest absolute Gasteiger partial charge is 0.291 e. The predicted octanol–water partition coefficient (Wildman–Crippen LogP) is 2.55. The molecule has 3 rings (SSSR count). The number of hydrogen-bond donors (Lipinski definition) is 3. The highest BCUT2D eigenvalue weighted by Gasteiger charge is 2.23. The molecule has 1 aliphatic rings. The van der Waals surface area contributed by atoms with E-state index in [9.17, 15) is 4.79 Å². The molecule has 31 heavy (non-hydrogen) atoms. The van der Waals surface area contributed by atoms with E-state index in [4.69, 9.17) is 9.15 Å². The first-order chi connectivity index (χ1) is 15.1. The first-order valence-electron chi connectivity index (χ1n) is 10.8. The minimum absolute atomic E-state index is 0.268. The van der Waals surface area contributed by atoms with E-state index >= 15 is 0 Å². The van der Waals surface area contributed by atoms with Crippen LogP contribution in [-0.4, -0.2) is 62.7 Å². The maximum atomic E-state index is 12.2. The van der Waals surface area contributed by atoms with E-state index < -0.39 is 0 Å². The van der Waals surface area contributed by atoms with Crippen LogP contribution in [0.4, 0.5) is 5.69 Å². The molecule has 1 saturated heterocycles. The number of ether oxygens (including phenoxy) is 1. The Labute approximate surface area is 184 Å². The molecule has 1 atom stereocenters. The molecule has 2 aromatic rings. The molecule has 1 aliphatic heterocycles. The lowest BCUT2D eigenvalue weighted by molar-refractivity contribution is 0.00752. The third-order valence-electron chi connectivity index (χ3n) is 5.38. The molecule has 1 amide bonds. The number of hydrogen-bond acceptors (Lipinski definition) is 5. The van der Waals surface area contributed by atoms with Gasteiger partial charge in [0, 0.05) is 45.0 Å². The molecule has 1 aromatic heterocycles. The number of furan rings is 1.